The number of carbonyl (C=O) groups excluding carboxylic acids is 4. The van der Waals surface area contributed by atoms with Crippen molar-refractivity contribution < 1.29 is 29.1 Å². The number of nitrogens with zero attached hydrogens (tertiary/aromatic N) is 1. The molecule has 15 heteroatoms. The molecule has 194 valence electrons. The summed E-state index contributed by atoms with van der Waals surface area (Å²) in [6, 6.07) is -4.73. The summed E-state index contributed by atoms with van der Waals surface area (Å²) in [6.07, 6.45) is 1.23. The van der Waals surface area contributed by atoms with Crippen molar-refractivity contribution >= 4 is 35.6 Å². The van der Waals surface area contributed by atoms with Crippen molar-refractivity contribution in [1.29, 1.82) is 0 Å². The Balaban J connectivity index is 5.26. The molecule has 0 heterocycles. The SMILES string of the molecule is C[C@H](NC(=O)[C@H](CCCCN)NC(=O)[C@H](CC(N)=O)NC(=O)[C@@H](N)CCCN=C(N)N)C(=O)O. The third-order valence-electron chi connectivity index (χ3n) is 4.65. The van der Waals surface area contributed by atoms with Gasteiger partial charge in [-0.3, -0.25) is 29.0 Å². The number of aliphatic carboxylic acids is 1. The van der Waals surface area contributed by atoms with Crippen LogP contribution in [0.1, 0.15) is 45.4 Å². The van der Waals surface area contributed by atoms with E-state index in [2.05, 4.69) is 20.9 Å². The summed E-state index contributed by atoms with van der Waals surface area (Å²) in [4.78, 5) is 64.0. The number of rotatable bonds is 17. The third kappa shape index (κ3) is 13.2. The number of carbonyl (C=O) groups is 5. The standard InChI is InChI=1S/C19H37N9O6/c1-10(18(33)34)26-16(31)12(6-2-3-7-20)27-17(32)13(9-14(22)29)28-15(30)11(21)5-4-8-25-19(23)24/h10-13H,2-9,20-21H2,1H3,(H2,22,29)(H,26,31)(H,27,32)(H,28,30)(H,33,34)(H4,23,24,25)/t10-,11-,12-,13-/m0/s1. The summed E-state index contributed by atoms with van der Waals surface area (Å²) in [5.41, 5.74) is 26.9. The second kappa shape index (κ2) is 16.2. The highest BCUT2D eigenvalue weighted by Gasteiger charge is 2.30. The molecule has 4 amide bonds. The van der Waals surface area contributed by atoms with Gasteiger partial charge < -0.3 is 49.7 Å². The van der Waals surface area contributed by atoms with E-state index < -0.39 is 60.2 Å². The first kappa shape index (κ1) is 30.5. The van der Waals surface area contributed by atoms with Crippen LogP contribution >= 0.6 is 0 Å². The number of nitrogens with one attached hydrogen (secondary N) is 3. The van der Waals surface area contributed by atoms with Gasteiger partial charge in [0.25, 0.3) is 0 Å². The number of nitrogens with two attached hydrogens (primary N) is 5. The van der Waals surface area contributed by atoms with Gasteiger partial charge in [0.2, 0.25) is 23.6 Å². The topological polar surface area (TPSA) is 284 Å². The third-order valence-corrected chi connectivity index (χ3v) is 4.65. The monoisotopic (exact) mass is 487 g/mol. The van der Waals surface area contributed by atoms with Crippen molar-refractivity contribution in [3.63, 3.8) is 0 Å². The van der Waals surface area contributed by atoms with Gasteiger partial charge in [0.05, 0.1) is 12.5 Å². The van der Waals surface area contributed by atoms with Gasteiger partial charge in [-0.1, -0.05) is 0 Å². The van der Waals surface area contributed by atoms with E-state index in [0.717, 1.165) is 0 Å². The van der Waals surface area contributed by atoms with Gasteiger partial charge in [0.15, 0.2) is 5.96 Å². The van der Waals surface area contributed by atoms with Gasteiger partial charge in [-0.05, 0) is 45.6 Å². The Morgan fingerprint density at radius 3 is 1.97 bits per heavy atom. The zero-order chi connectivity index (χ0) is 26.3. The molecular weight excluding hydrogens is 450 g/mol. The van der Waals surface area contributed by atoms with E-state index in [-0.39, 0.29) is 25.3 Å². The van der Waals surface area contributed by atoms with E-state index in [1.165, 1.54) is 6.92 Å². The Kier molecular flexibility index (Phi) is 14.6. The Hall–Kier alpha value is -3.46. The molecule has 0 saturated heterocycles. The van der Waals surface area contributed by atoms with Crippen LogP contribution in [-0.4, -0.2) is 77.9 Å². The number of primary amides is 1. The number of aliphatic imine (C=N–C) groups is 1. The summed E-state index contributed by atoms with van der Waals surface area (Å²) >= 11 is 0. The Morgan fingerprint density at radius 2 is 1.44 bits per heavy atom. The fraction of sp³-hybridized carbons (Fsp3) is 0.684. The van der Waals surface area contributed by atoms with Crippen LogP contribution in [0, 0.1) is 0 Å². The maximum atomic E-state index is 12.8. The molecule has 0 unspecified atom stereocenters. The van der Waals surface area contributed by atoms with Crippen LogP contribution in [0.2, 0.25) is 0 Å². The number of amides is 4. The number of hydrogen-bond donors (Lipinski definition) is 9. The average Bonchev–Trinajstić information content (AvgIpc) is 2.74. The lowest BCUT2D eigenvalue weighted by Gasteiger charge is -2.24. The number of unbranched alkanes of at least 4 members (excludes halogenated alkanes) is 1. The molecule has 0 aliphatic heterocycles. The molecule has 14 N–H and O–H groups in total. The predicted octanol–water partition coefficient (Wildman–Crippen LogP) is -4.07. The first-order chi connectivity index (χ1) is 15.9. The maximum absolute atomic E-state index is 12.8. The lowest BCUT2D eigenvalue weighted by atomic mass is 10.1. The van der Waals surface area contributed by atoms with Gasteiger partial charge in [0.1, 0.15) is 18.1 Å². The molecule has 0 saturated carbocycles. The second-order valence-electron chi connectivity index (χ2n) is 7.70. The molecule has 0 bridgehead atoms. The largest absolute Gasteiger partial charge is 0.480 e. The maximum Gasteiger partial charge on any atom is 0.325 e. The quantitative estimate of drug-likeness (QED) is 0.0543. The normalized spacial score (nSPS) is 14.1. The summed E-state index contributed by atoms with van der Waals surface area (Å²) in [5, 5.41) is 16.1. The summed E-state index contributed by atoms with van der Waals surface area (Å²) in [6.45, 7) is 1.88. The minimum Gasteiger partial charge on any atom is -0.480 e. The van der Waals surface area contributed by atoms with Gasteiger partial charge in [-0.2, -0.15) is 0 Å². The highest BCUT2D eigenvalue weighted by molar-refractivity contribution is 5.96. The first-order valence-corrected chi connectivity index (χ1v) is 10.8. The molecule has 0 aliphatic rings. The fourth-order valence-corrected chi connectivity index (χ4v) is 2.75. The average molecular weight is 488 g/mol. The van der Waals surface area contributed by atoms with E-state index in [4.69, 9.17) is 33.8 Å². The second-order valence-corrected chi connectivity index (χ2v) is 7.70. The van der Waals surface area contributed by atoms with Crippen molar-refractivity contribution in [2.24, 2.45) is 33.7 Å². The molecule has 15 nitrogen and oxygen atoms in total. The Morgan fingerprint density at radius 1 is 0.853 bits per heavy atom. The molecule has 34 heavy (non-hydrogen) atoms. The zero-order valence-electron chi connectivity index (χ0n) is 19.3. The van der Waals surface area contributed by atoms with Crippen LogP contribution in [0.4, 0.5) is 0 Å². The minimum atomic E-state index is -1.39. The summed E-state index contributed by atoms with van der Waals surface area (Å²) in [7, 11) is 0. The Labute approximate surface area is 197 Å². The molecule has 0 aromatic rings. The molecule has 0 aromatic carbocycles. The Bertz CT molecular complexity index is 742. The van der Waals surface area contributed by atoms with Crippen molar-refractivity contribution in [2.45, 2.75) is 69.6 Å². The molecule has 0 rings (SSSR count). The molecule has 0 fully saturated rings. The number of carboxylic acids is 1. The van der Waals surface area contributed by atoms with Gasteiger partial charge in [0, 0.05) is 6.54 Å². The summed E-state index contributed by atoms with van der Waals surface area (Å²) < 4.78 is 0. The van der Waals surface area contributed by atoms with Crippen molar-refractivity contribution in [1.82, 2.24) is 16.0 Å². The van der Waals surface area contributed by atoms with Crippen LogP contribution in [0.15, 0.2) is 4.99 Å². The van der Waals surface area contributed by atoms with Crippen LogP contribution in [0.3, 0.4) is 0 Å². The lowest BCUT2D eigenvalue weighted by Crippen LogP contribution is -2.57. The smallest absolute Gasteiger partial charge is 0.325 e. The first-order valence-electron chi connectivity index (χ1n) is 10.8. The van der Waals surface area contributed by atoms with Crippen molar-refractivity contribution in [3.05, 3.63) is 0 Å². The van der Waals surface area contributed by atoms with Crippen LogP contribution in [-0.2, 0) is 24.0 Å². The van der Waals surface area contributed by atoms with Crippen LogP contribution in [0.5, 0.6) is 0 Å². The number of guanidine groups is 1. The summed E-state index contributed by atoms with van der Waals surface area (Å²) in [5.74, 6) is -4.52. The molecular formula is C19H37N9O6. The highest BCUT2D eigenvalue weighted by atomic mass is 16.4. The predicted molar refractivity (Wildman–Crippen MR) is 124 cm³/mol. The van der Waals surface area contributed by atoms with Gasteiger partial charge in [-0.25, -0.2) is 0 Å². The van der Waals surface area contributed by atoms with Gasteiger partial charge >= 0.3 is 5.97 Å². The zero-order valence-corrected chi connectivity index (χ0v) is 19.3. The van der Waals surface area contributed by atoms with Crippen molar-refractivity contribution in [2.75, 3.05) is 13.1 Å². The number of hydrogen-bond acceptors (Lipinski definition) is 8. The van der Waals surface area contributed by atoms with Crippen LogP contribution in [0.25, 0.3) is 0 Å². The lowest BCUT2D eigenvalue weighted by molar-refractivity contribution is -0.142. The van der Waals surface area contributed by atoms with Crippen LogP contribution < -0.4 is 44.6 Å². The highest BCUT2D eigenvalue weighted by Crippen LogP contribution is 2.04. The molecule has 4 atom stereocenters. The minimum absolute atomic E-state index is 0.0981. The van der Waals surface area contributed by atoms with E-state index in [0.29, 0.717) is 25.8 Å². The van der Waals surface area contributed by atoms with Crippen molar-refractivity contribution in [3.8, 4) is 0 Å². The molecule has 0 radical (unpaired) electrons. The van der Waals surface area contributed by atoms with Gasteiger partial charge in [-0.15, -0.1) is 0 Å². The fourth-order valence-electron chi connectivity index (χ4n) is 2.75. The van der Waals surface area contributed by atoms with E-state index in [1.807, 2.05) is 0 Å². The van der Waals surface area contributed by atoms with E-state index in [9.17, 15) is 24.0 Å². The van der Waals surface area contributed by atoms with E-state index >= 15 is 0 Å². The van der Waals surface area contributed by atoms with E-state index in [1.54, 1.807) is 0 Å². The molecule has 0 aliphatic carbocycles. The molecule has 0 spiro atoms. The number of carboxylic acid groups (broad SMARTS) is 1. The molecule has 0 aromatic heterocycles.